The van der Waals surface area contributed by atoms with Crippen molar-refractivity contribution >= 4 is 5.97 Å². The molecule has 78 valence electrons. The van der Waals surface area contributed by atoms with Crippen molar-refractivity contribution < 1.29 is 14.3 Å². The van der Waals surface area contributed by atoms with Crippen LogP contribution in [0.15, 0.2) is 0 Å². The molecule has 3 fully saturated rings. The van der Waals surface area contributed by atoms with E-state index in [1.165, 1.54) is 12.8 Å². The third-order valence-corrected chi connectivity index (χ3v) is 4.38. The van der Waals surface area contributed by atoms with E-state index in [0.29, 0.717) is 6.61 Å². The second-order valence-electron chi connectivity index (χ2n) is 5.33. The molecule has 2 atom stereocenters. The van der Waals surface area contributed by atoms with Gasteiger partial charge in [-0.1, -0.05) is 12.8 Å². The molecule has 1 saturated carbocycles. The highest BCUT2D eigenvalue weighted by Crippen LogP contribution is 2.67. The summed E-state index contributed by atoms with van der Waals surface area (Å²) in [6, 6.07) is 0. The molecule has 0 bridgehead atoms. The smallest absolute Gasteiger partial charge is 0.314 e. The van der Waals surface area contributed by atoms with E-state index in [1.54, 1.807) is 0 Å². The lowest BCUT2D eigenvalue weighted by Gasteiger charge is -2.39. The molecule has 2 saturated heterocycles. The summed E-state index contributed by atoms with van der Waals surface area (Å²) in [6.45, 7) is 4.40. The molecule has 2 unspecified atom stereocenters. The highest BCUT2D eigenvalue weighted by atomic mass is 16.7. The molecular weight excluding hydrogens is 180 g/mol. The fourth-order valence-electron chi connectivity index (χ4n) is 3.38. The van der Waals surface area contributed by atoms with Crippen LogP contribution < -0.4 is 0 Å². The topological polar surface area (TPSA) is 38.8 Å². The normalized spacial score (nSPS) is 48.9. The quantitative estimate of drug-likeness (QED) is 0.437. The van der Waals surface area contributed by atoms with E-state index >= 15 is 0 Å². The van der Waals surface area contributed by atoms with Crippen LogP contribution in [0.1, 0.15) is 39.5 Å². The molecule has 0 aromatic heterocycles. The molecule has 2 heterocycles. The Morgan fingerprint density at radius 2 is 1.93 bits per heavy atom. The first-order valence-electron chi connectivity index (χ1n) is 5.42. The maximum Gasteiger partial charge on any atom is 0.314 e. The number of rotatable bonds is 0. The predicted molar refractivity (Wildman–Crippen MR) is 49.8 cm³/mol. The predicted octanol–water partition coefficient (Wildman–Crippen LogP) is 1.65. The van der Waals surface area contributed by atoms with Crippen LogP contribution in [0.25, 0.3) is 0 Å². The van der Waals surface area contributed by atoms with E-state index in [2.05, 4.69) is 0 Å². The van der Waals surface area contributed by atoms with Crippen molar-refractivity contribution in [1.29, 1.82) is 0 Å². The van der Waals surface area contributed by atoms with Gasteiger partial charge in [-0.3, -0.25) is 4.79 Å². The monoisotopic (exact) mass is 196 g/mol. The Bertz CT molecular complexity index is 310. The third kappa shape index (κ3) is 0.691. The highest BCUT2D eigenvalue weighted by Gasteiger charge is 2.80. The number of hydrogen-bond acceptors (Lipinski definition) is 3. The Morgan fingerprint density at radius 1 is 1.21 bits per heavy atom. The van der Waals surface area contributed by atoms with Crippen LogP contribution in [0.5, 0.6) is 0 Å². The van der Waals surface area contributed by atoms with E-state index in [4.69, 9.17) is 9.47 Å². The summed E-state index contributed by atoms with van der Waals surface area (Å²) >= 11 is 0. The van der Waals surface area contributed by atoms with Gasteiger partial charge < -0.3 is 9.47 Å². The second kappa shape index (κ2) is 2.16. The van der Waals surface area contributed by atoms with Gasteiger partial charge in [-0.05, 0) is 26.7 Å². The molecule has 3 heteroatoms. The van der Waals surface area contributed by atoms with Crippen LogP contribution in [0, 0.1) is 5.41 Å². The van der Waals surface area contributed by atoms with Gasteiger partial charge in [0.15, 0.2) is 0 Å². The Hall–Kier alpha value is -0.570. The van der Waals surface area contributed by atoms with Crippen LogP contribution >= 0.6 is 0 Å². The number of hydrogen-bond donors (Lipinski definition) is 0. The Labute approximate surface area is 83.8 Å². The Kier molecular flexibility index (Phi) is 1.34. The van der Waals surface area contributed by atoms with Crippen molar-refractivity contribution in [2.45, 2.75) is 50.7 Å². The lowest BCUT2D eigenvalue weighted by molar-refractivity contribution is -0.164. The van der Waals surface area contributed by atoms with Crippen LogP contribution in [0.2, 0.25) is 0 Å². The fourth-order valence-corrected chi connectivity index (χ4v) is 3.38. The van der Waals surface area contributed by atoms with E-state index in [0.717, 1.165) is 12.8 Å². The zero-order chi connectivity index (χ0) is 10.0. The van der Waals surface area contributed by atoms with Gasteiger partial charge in [0.1, 0.15) is 17.8 Å². The molecule has 0 aromatic rings. The number of cyclic esters (lactones) is 1. The molecule has 0 N–H and O–H groups in total. The number of esters is 1. The molecule has 3 aliphatic rings. The van der Waals surface area contributed by atoms with Crippen molar-refractivity contribution in [3.05, 3.63) is 0 Å². The summed E-state index contributed by atoms with van der Waals surface area (Å²) in [7, 11) is 0. The summed E-state index contributed by atoms with van der Waals surface area (Å²) in [5.74, 6) is -0.0903. The van der Waals surface area contributed by atoms with Crippen molar-refractivity contribution in [2.75, 3.05) is 6.61 Å². The first kappa shape index (κ1) is 8.72. The van der Waals surface area contributed by atoms with Crippen molar-refractivity contribution in [2.24, 2.45) is 5.41 Å². The van der Waals surface area contributed by atoms with Crippen LogP contribution in [0.4, 0.5) is 0 Å². The second-order valence-corrected chi connectivity index (χ2v) is 5.33. The number of epoxide rings is 1. The minimum absolute atomic E-state index is 0.0903. The number of carbonyl (C=O) groups is 1. The zero-order valence-corrected chi connectivity index (χ0v) is 8.76. The van der Waals surface area contributed by atoms with Gasteiger partial charge in [-0.15, -0.1) is 0 Å². The van der Waals surface area contributed by atoms with Crippen molar-refractivity contribution in [1.82, 2.24) is 0 Å². The Balaban J connectivity index is 2.03. The van der Waals surface area contributed by atoms with E-state index in [-0.39, 0.29) is 17.2 Å². The van der Waals surface area contributed by atoms with Gasteiger partial charge in [0.05, 0.1) is 5.41 Å². The van der Waals surface area contributed by atoms with Gasteiger partial charge in [0.2, 0.25) is 0 Å². The molecule has 3 nitrogen and oxygen atoms in total. The maximum absolute atomic E-state index is 11.7. The summed E-state index contributed by atoms with van der Waals surface area (Å²) in [5, 5.41) is 0. The van der Waals surface area contributed by atoms with Gasteiger partial charge >= 0.3 is 5.97 Å². The number of carbonyl (C=O) groups excluding carboxylic acids is 1. The van der Waals surface area contributed by atoms with Crippen LogP contribution in [-0.2, 0) is 14.3 Å². The average Bonchev–Trinajstić information content (AvgIpc) is 2.84. The summed E-state index contributed by atoms with van der Waals surface area (Å²) < 4.78 is 11.2. The average molecular weight is 196 g/mol. The minimum atomic E-state index is -0.453. The zero-order valence-electron chi connectivity index (χ0n) is 8.76. The molecule has 0 spiro atoms. The minimum Gasteiger partial charge on any atom is -0.462 e. The summed E-state index contributed by atoms with van der Waals surface area (Å²) in [6.07, 6.45) is 4.46. The van der Waals surface area contributed by atoms with E-state index in [9.17, 15) is 4.79 Å². The van der Waals surface area contributed by atoms with Gasteiger partial charge in [-0.2, -0.15) is 0 Å². The molecule has 0 aromatic carbocycles. The van der Waals surface area contributed by atoms with Gasteiger partial charge in [-0.25, -0.2) is 0 Å². The Morgan fingerprint density at radius 3 is 2.71 bits per heavy atom. The van der Waals surface area contributed by atoms with E-state index < -0.39 is 5.41 Å². The largest absolute Gasteiger partial charge is 0.462 e. The lowest BCUT2D eigenvalue weighted by Crippen LogP contribution is -2.53. The molecule has 0 radical (unpaired) electrons. The maximum atomic E-state index is 11.7. The van der Waals surface area contributed by atoms with E-state index in [1.807, 2.05) is 13.8 Å². The fraction of sp³-hybridized carbons (Fsp3) is 0.909. The van der Waals surface area contributed by atoms with Crippen LogP contribution in [0.3, 0.4) is 0 Å². The standard InChI is InChI=1S/C11H16O3/c1-9(2)8(12)13-7-10-5-3-4-6-11(9,10)14-10/h3-7H2,1-2H3. The first-order chi connectivity index (χ1) is 6.54. The number of ether oxygens (including phenoxy) is 2. The SMILES string of the molecule is CC1(C)C(=O)OCC23CCCCC21O3. The molecule has 14 heavy (non-hydrogen) atoms. The molecule has 3 rings (SSSR count). The summed E-state index contributed by atoms with van der Waals surface area (Å²) in [5.41, 5.74) is -0.748. The highest BCUT2D eigenvalue weighted by molar-refractivity contribution is 5.80. The van der Waals surface area contributed by atoms with Gasteiger partial charge in [0.25, 0.3) is 0 Å². The lowest BCUT2D eigenvalue weighted by atomic mass is 9.64. The molecular formula is C11H16O3. The van der Waals surface area contributed by atoms with Crippen molar-refractivity contribution in [3.63, 3.8) is 0 Å². The van der Waals surface area contributed by atoms with Crippen LogP contribution in [-0.4, -0.2) is 23.8 Å². The van der Waals surface area contributed by atoms with Crippen molar-refractivity contribution in [3.8, 4) is 0 Å². The molecule has 2 aliphatic heterocycles. The van der Waals surface area contributed by atoms with Gasteiger partial charge in [0, 0.05) is 0 Å². The summed E-state index contributed by atoms with van der Waals surface area (Å²) in [4.78, 5) is 11.7. The first-order valence-corrected chi connectivity index (χ1v) is 5.42. The third-order valence-electron chi connectivity index (χ3n) is 4.38. The molecule has 1 aliphatic carbocycles. The molecule has 0 amide bonds.